The Bertz CT molecular complexity index is 93.4. The van der Waals surface area contributed by atoms with E-state index < -0.39 is 0 Å². The molecule has 0 aromatic rings. The second-order valence-corrected chi connectivity index (χ2v) is 2.34. The largest absolute Gasteiger partial charge is 0.371 e. The topological polar surface area (TPSA) is 26.3 Å². The highest BCUT2D eigenvalue weighted by Gasteiger charge is 2.11. The van der Waals surface area contributed by atoms with Gasteiger partial charge in [-0.1, -0.05) is 13.3 Å². The number of ether oxygens (including phenoxy) is 1. The van der Waals surface area contributed by atoms with Crippen LogP contribution >= 0.6 is 0 Å². The third-order valence-corrected chi connectivity index (χ3v) is 1.37. The summed E-state index contributed by atoms with van der Waals surface area (Å²) in [5.41, 5.74) is 0. The van der Waals surface area contributed by atoms with Crippen molar-refractivity contribution in [2.24, 2.45) is 0 Å². The molecule has 0 saturated carbocycles. The molecule has 0 saturated heterocycles. The van der Waals surface area contributed by atoms with Gasteiger partial charge in [0.25, 0.3) is 0 Å². The molecular formula is C8H16O2. The second-order valence-electron chi connectivity index (χ2n) is 2.34. The molecule has 60 valence electrons. The molecule has 0 heterocycles. The van der Waals surface area contributed by atoms with Gasteiger partial charge in [0.2, 0.25) is 0 Å². The lowest BCUT2D eigenvalue weighted by atomic mass is 10.1. The van der Waals surface area contributed by atoms with E-state index in [-0.39, 0.29) is 11.9 Å². The van der Waals surface area contributed by atoms with Crippen LogP contribution in [0.5, 0.6) is 0 Å². The fourth-order valence-corrected chi connectivity index (χ4v) is 0.867. The number of ketones is 1. The van der Waals surface area contributed by atoms with E-state index in [2.05, 4.69) is 6.92 Å². The lowest BCUT2D eigenvalue weighted by Crippen LogP contribution is -2.21. The van der Waals surface area contributed by atoms with Gasteiger partial charge in [-0.15, -0.1) is 0 Å². The summed E-state index contributed by atoms with van der Waals surface area (Å²) in [6.45, 7) is 6.17. The lowest BCUT2D eigenvalue weighted by molar-refractivity contribution is -0.128. The lowest BCUT2D eigenvalue weighted by Gasteiger charge is -2.11. The van der Waals surface area contributed by atoms with Crippen molar-refractivity contribution in [2.45, 2.75) is 39.7 Å². The van der Waals surface area contributed by atoms with E-state index in [0.29, 0.717) is 6.61 Å². The Kier molecular flexibility index (Phi) is 5.22. The average Bonchev–Trinajstić information content (AvgIpc) is 1.87. The summed E-state index contributed by atoms with van der Waals surface area (Å²) < 4.78 is 5.19. The van der Waals surface area contributed by atoms with Gasteiger partial charge in [0.15, 0.2) is 5.78 Å². The maximum Gasteiger partial charge on any atom is 0.158 e. The third-order valence-electron chi connectivity index (χ3n) is 1.37. The van der Waals surface area contributed by atoms with Crippen LogP contribution in [0.1, 0.15) is 33.6 Å². The molecule has 0 aromatic carbocycles. The van der Waals surface area contributed by atoms with Crippen LogP contribution in [0.15, 0.2) is 0 Å². The molecule has 0 rings (SSSR count). The van der Waals surface area contributed by atoms with E-state index in [4.69, 9.17) is 4.74 Å². The maximum atomic E-state index is 10.8. The first-order valence-corrected chi connectivity index (χ1v) is 3.84. The quantitative estimate of drug-likeness (QED) is 0.588. The van der Waals surface area contributed by atoms with Crippen molar-refractivity contribution >= 4 is 5.78 Å². The zero-order chi connectivity index (χ0) is 7.98. The van der Waals surface area contributed by atoms with Crippen molar-refractivity contribution in [3.05, 3.63) is 0 Å². The van der Waals surface area contributed by atoms with Gasteiger partial charge in [-0.3, -0.25) is 4.79 Å². The van der Waals surface area contributed by atoms with Crippen molar-refractivity contribution in [2.75, 3.05) is 6.61 Å². The normalized spacial score (nSPS) is 13.1. The fourth-order valence-electron chi connectivity index (χ4n) is 0.867. The predicted molar refractivity (Wildman–Crippen MR) is 41.0 cm³/mol. The minimum Gasteiger partial charge on any atom is -0.371 e. The van der Waals surface area contributed by atoms with Crippen LogP contribution in [0, 0.1) is 0 Å². The summed E-state index contributed by atoms with van der Waals surface area (Å²) in [7, 11) is 0. The molecule has 0 bridgehead atoms. The van der Waals surface area contributed by atoms with Gasteiger partial charge in [-0.25, -0.2) is 0 Å². The third kappa shape index (κ3) is 3.62. The summed E-state index contributed by atoms with van der Waals surface area (Å²) >= 11 is 0. The molecular weight excluding hydrogens is 128 g/mol. The van der Waals surface area contributed by atoms with Crippen LogP contribution in [-0.2, 0) is 9.53 Å². The number of hydrogen-bond acceptors (Lipinski definition) is 2. The van der Waals surface area contributed by atoms with E-state index in [1.54, 1.807) is 6.92 Å². The molecule has 0 radical (unpaired) electrons. The Labute approximate surface area is 62.6 Å². The fraction of sp³-hybridized carbons (Fsp3) is 0.875. The second kappa shape index (κ2) is 5.42. The first-order chi connectivity index (χ1) is 4.72. The van der Waals surface area contributed by atoms with Gasteiger partial charge in [0, 0.05) is 6.61 Å². The Balaban J connectivity index is 3.61. The molecule has 0 amide bonds. The van der Waals surface area contributed by atoms with E-state index in [1.807, 2.05) is 6.92 Å². The molecule has 0 spiro atoms. The van der Waals surface area contributed by atoms with Crippen LogP contribution in [0.25, 0.3) is 0 Å². The zero-order valence-corrected chi connectivity index (χ0v) is 7.02. The highest BCUT2D eigenvalue weighted by molar-refractivity contribution is 5.80. The molecule has 0 aromatic heterocycles. The van der Waals surface area contributed by atoms with E-state index in [0.717, 1.165) is 12.8 Å². The molecule has 0 aliphatic carbocycles. The SMILES string of the molecule is CCCC(OCC)C(C)=O. The van der Waals surface area contributed by atoms with Crippen LogP contribution in [0.4, 0.5) is 0 Å². The Morgan fingerprint density at radius 2 is 2.10 bits per heavy atom. The van der Waals surface area contributed by atoms with Gasteiger partial charge in [0.05, 0.1) is 0 Å². The number of carbonyl (C=O) groups is 1. The van der Waals surface area contributed by atoms with Gasteiger partial charge >= 0.3 is 0 Å². The summed E-state index contributed by atoms with van der Waals surface area (Å²) in [5.74, 6) is 0.142. The molecule has 2 nitrogen and oxygen atoms in total. The van der Waals surface area contributed by atoms with Crippen LogP contribution < -0.4 is 0 Å². The van der Waals surface area contributed by atoms with Crippen molar-refractivity contribution in [3.63, 3.8) is 0 Å². The first-order valence-electron chi connectivity index (χ1n) is 3.84. The monoisotopic (exact) mass is 144 g/mol. The van der Waals surface area contributed by atoms with Crippen molar-refractivity contribution in [1.82, 2.24) is 0 Å². The summed E-state index contributed by atoms with van der Waals surface area (Å²) in [5, 5.41) is 0. The molecule has 0 N–H and O–H groups in total. The molecule has 1 unspecified atom stereocenters. The molecule has 0 aliphatic heterocycles. The van der Waals surface area contributed by atoms with E-state index in [1.165, 1.54) is 0 Å². The summed E-state index contributed by atoms with van der Waals surface area (Å²) in [6, 6.07) is 0. The van der Waals surface area contributed by atoms with Crippen LogP contribution in [0.2, 0.25) is 0 Å². The number of Topliss-reactive ketones (excluding diaryl/α,β-unsaturated/α-hetero) is 1. The predicted octanol–water partition coefficient (Wildman–Crippen LogP) is 1.78. The van der Waals surface area contributed by atoms with E-state index in [9.17, 15) is 4.79 Å². The smallest absolute Gasteiger partial charge is 0.158 e. The van der Waals surface area contributed by atoms with Crippen LogP contribution in [-0.4, -0.2) is 18.5 Å². The highest BCUT2D eigenvalue weighted by Crippen LogP contribution is 2.02. The Morgan fingerprint density at radius 1 is 1.50 bits per heavy atom. The summed E-state index contributed by atoms with van der Waals surface area (Å²) in [4.78, 5) is 10.8. The molecule has 10 heavy (non-hydrogen) atoms. The number of carbonyl (C=O) groups excluding carboxylic acids is 1. The highest BCUT2D eigenvalue weighted by atomic mass is 16.5. The number of rotatable bonds is 5. The minimum absolute atomic E-state index is 0.142. The van der Waals surface area contributed by atoms with E-state index >= 15 is 0 Å². The Hall–Kier alpha value is -0.370. The number of hydrogen-bond donors (Lipinski definition) is 0. The summed E-state index contributed by atoms with van der Waals surface area (Å²) in [6.07, 6.45) is 1.70. The molecule has 1 atom stereocenters. The maximum absolute atomic E-state index is 10.8. The first kappa shape index (κ1) is 9.63. The van der Waals surface area contributed by atoms with Gasteiger partial charge in [-0.05, 0) is 20.3 Å². The van der Waals surface area contributed by atoms with Crippen molar-refractivity contribution < 1.29 is 9.53 Å². The van der Waals surface area contributed by atoms with Crippen LogP contribution in [0.3, 0.4) is 0 Å². The molecule has 2 heteroatoms. The minimum atomic E-state index is -0.157. The van der Waals surface area contributed by atoms with Gasteiger partial charge < -0.3 is 4.74 Å². The van der Waals surface area contributed by atoms with Crippen molar-refractivity contribution in [3.8, 4) is 0 Å². The average molecular weight is 144 g/mol. The molecule has 0 fully saturated rings. The zero-order valence-electron chi connectivity index (χ0n) is 7.02. The Morgan fingerprint density at radius 3 is 2.40 bits per heavy atom. The van der Waals surface area contributed by atoms with Crippen molar-refractivity contribution in [1.29, 1.82) is 0 Å². The standard InChI is InChI=1S/C8H16O2/c1-4-6-8(7(3)9)10-5-2/h8H,4-6H2,1-3H3. The van der Waals surface area contributed by atoms with Gasteiger partial charge in [0.1, 0.15) is 6.10 Å². The molecule has 0 aliphatic rings. The van der Waals surface area contributed by atoms with Gasteiger partial charge in [-0.2, -0.15) is 0 Å².